The fraction of sp³-hybridized carbons (Fsp3) is 0.300. The van der Waals surface area contributed by atoms with Crippen LogP contribution in [0.1, 0.15) is 17.5 Å². The number of hydrogen-bond acceptors (Lipinski definition) is 3. The molecule has 0 bridgehead atoms. The van der Waals surface area contributed by atoms with E-state index in [1.807, 2.05) is 0 Å². The van der Waals surface area contributed by atoms with Crippen LogP contribution in [0.3, 0.4) is 0 Å². The molecule has 27 heavy (non-hydrogen) atoms. The van der Waals surface area contributed by atoms with Gasteiger partial charge in [-0.25, -0.2) is 9.18 Å². The van der Waals surface area contributed by atoms with Crippen LogP contribution in [0, 0.1) is 5.82 Å². The molecule has 6 nitrogen and oxygen atoms in total. The van der Waals surface area contributed by atoms with E-state index in [1.54, 1.807) is 41.3 Å². The molecule has 3 rings (SSSR count). The summed E-state index contributed by atoms with van der Waals surface area (Å²) in [5.74, 6) is -0.319. The van der Waals surface area contributed by atoms with E-state index in [0.717, 1.165) is 17.5 Å². The van der Waals surface area contributed by atoms with Gasteiger partial charge >= 0.3 is 6.03 Å². The Hall–Kier alpha value is -2.93. The molecular weight excluding hydrogens is 349 g/mol. The molecule has 2 aromatic rings. The molecule has 1 atom stereocenters. The van der Waals surface area contributed by atoms with Crippen molar-refractivity contribution in [2.24, 2.45) is 0 Å². The Morgan fingerprint density at radius 2 is 1.74 bits per heavy atom. The monoisotopic (exact) mass is 371 g/mol. The fourth-order valence-electron chi connectivity index (χ4n) is 2.90. The van der Waals surface area contributed by atoms with Crippen LogP contribution in [0.4, 0.5) is 14.9 Å². The Bertz CT molecular complexity index is 791. The number of carbonyl (C=O) groups is 2. The normalized spacial score (nSPS) is 15.8. The number of rotatable bonds is 6. The van der Waals surface area contributed by atoms with Crippen LogP contribution in [-0.4, -0.2) is 41.1 Å². The van der Waals surface area contributed by atoms with Crippen molar-refractivity contribution in [3.63, 3.8) is 0 Å². The maximum atomic E-state index is 12.9. The SMILES string of the molecule is O=C(NCc1ccc(F)cc1)Nc1ccc(CC(=O)N2CC[C@H]2CO)cc1. The number of nitrogens with one attached hydrogen (secondary N) is 2. The summed E-state index contributed by atoms with van der Waals surface area (Å²) in [6.07, 6.45) is 1.12. The second-order valence-corrected chi connectivity index (χ2v) is 6.52. The summed E-state index contributed by atoms with van der Waals surface area (Å²) in [6.45, 7) is 0.986. The number of carbonyl (C=O) groups excluding carboxylic acids is 2. The van der Waals surface area contributed by atoms with Crippen molar-refractivity contribution in [3.05, 3.63) is 65.5 Å². The third-order valence-corrected chi connectivity index (χ3v) is 4.61. The van der Waals surface area contributed by atoms with E-state index in [1.165, 1.54) is 12.1 Å². The lowest BCUT2D eigenvalue weighted by atomic mass is 10.0. The minimum absolute atomic E-state index is 0.00162. The number of anilines is 1. The van der Waals surface area contributed by atoms with Gasteiger partial charge in [0.25, 0.3) is 0 Å². The highest BCUT2D eigenvalue weighted by atomic mass is 19.1. The lowest BCUT2D eigenvalue weighted by Gasteiger charge is -2.40. The highest BCUT2D eigenvalue weighted by molar-refractivity contribution is 5.89. The second kappa shape index (κ2) is 8.64. The lowest BCUT2D eigenvalue weighted by molar-refractivity contribution is -0.139. The van der Waals surface area contributed by atoms with Gasteiger partial charge in [-0.3, -0.25) is 4.79 Å². The Balaban J connectivity index is 1.46. The molecule has 3 N–H and O–H groups in total. The molecule has 2 aromatic carbocycles. The largest absolute Gasteiger partial charge is 0.394 e. The predicted molar refractivity (Wildman–Crippen MR) is 99.6 cm³/mol. The van der Waals surface area contributed by atoms with Gasteiger partial charge in [0, 0.05) is 18.8 Å². The Morgan fingerprint density at radius 1 is 1.07 bits per heavy atom. The first kappa shape index (κ1) is 18.8. The number of amides is 3. The smallest absolute Gasteiger partial charge is 0.319 e. The quantitative estimate of drug-likeness (QED) is 0.729. The van der Waals surface area contributed by atoms with Crippen LogP contribution in [0.25, 0.3) is 0 Å². The zero-order valence-electron chi connectivity index (χ0n) is 14.8. The van der Waals surface area contributed by atoms with Crippen LogP contribution >= 0.6 is 0 Å². The molecule has 7 heteroatoms. The van der Waals surface area contributed by atoms with E-state index in [-0.39, 0.29) is 36.8 Å². The van der Waals surface area contributed by atoms with Crippen molar-refractivity contribution in [1.29, 1.82) is 0 Å². The van der Waals surface area contributed by atoms with Gasteiger partial charge in [0.2, 0.25) is 5.91 Å². The van der Waals surface area contributed by atoms with Crippen molar-refractivity contribution in [3.8, 4) is 0 Å². The van der Waals surface area contributed by atoms with Crippen molar-refractivity contribution >= 4 is 17.6 Å². The molecule has 1 saturated heterocycles. The highest BCUT2D eigenvalue weighted by Crippen LogP contribution is 2.19. The number of aliphatic hydroxyl groups excluding tert-OH is 1. The Kier molecular flexibility index (Phi) is 6.03. The standard InChI is InChI=1S/C20H22FN3O3/c21-16-5-1-15(2-6-16)12-22-20(27)23-17-7-3-14(4-8-17)11-19(26)24-10-9-18(24)13-25/h1-8,18,25H,9-13H2,(H2,22,23,27)/t18-/m0/s1. The summed E-state index contributed by atoms with van der Waals surface area (Å²) >= 11 is 0. The third-order valence-electron chi connectivity index (χ3n) is 4.61. The highest BCUT2D eigenvalue weighted by Gasteiger charge is 2.30. The van der Waals surface area contributed by atoms with Gasteiger partial charge in [-0.1, -0.05) is 24.3 Å². The van der Waals surface area contributed by atoms with Crippen molar-refractivity contribution in [2.45, 2.75) is 25.4 Å². The van der Waals surface area contributed by atoms with Gasteiger partial charge in [-0.2, -0.15) is 0 Å². The summed E-state index contributed by atoms with van der Waals surface area (Å²) in [6, 6.07) is 12.6. The summed E-state index contributed by atoms with van der Waals surface area (Å²) in [7, 11) is 0. The first-order chi connectivity index (χ1) is 13.0. The maximum Gasteiger partial charge on any atom is 0.319 e. The summed E-state index contributed by atoms with van der Waals surface area (Å²) in [5.41, 5.74) is 2.26. The first-order valence-corrected chi connectivity index (χ1v) is 8.83. The number of aliphatic hydroxyl groups is 1. The zero-order valence-corrected chi connectivity index (χ0v) is 14.8. The summed E-state index contributed by atoms with van der Waals surface area (Å²) < 4.78 is 12.9. The minimum atomic E-state index is -0.366. The molecule has 3 amide bonds. The average molecular weight is 371 g/mol. The van der Waals surface area contributed by atoms with E-state index in [9.17, 15) is 14.0 Å². The van der Waals surface area contributed by atoms with E-state index < -0.39 is 0 Å². The average Bonchev–Trinajstić information content (AvgIpc) is 2.62. The van der Waals surface area contributed by atoms with Crippen molar-refractivity contribution < 1.29 is 19.1 Å². The molecule has 0 saturated carbocycles. The number of nitrogens with zero attached hydrogens (tertiary/aromatic N) is 1. The molecule has 1 fully saturated rings. The molecule has 142 valence electrons. The molecule has 0 unspecified atom stereocenters. The third kappa shape index (κ3) is 5.04. The summed E-state index contributed by atoms with van der Waals surface area (Å²) in [5, 5.41) is 14.6. The van der Waals surface area contributed by atoms with Gasteiger partial charge in [0.05, 0.1) is 19.1 Å². The fourth-order valence-corrected chi connectivity index (χ4v) is 2.90. The summed E-state index contributed by atoms with van der Waals surface area (Å²) in [4.78, 5) is 25.8. The van der Waals surface area contributed by atoms with Crippen LogP contribution in [0.5, 0.6) is 0 Å². The van der Waals surface area contributed by atoms with E-state index in [2.05, 4.69) is 10.6 Å². The molecular formula is C20H22FN3O3. The van der Waals surface area contributed by atoms with Gasteiger partial charge in [-0.05, 0) is 41.8 Å². The lowest BCUT2D eigenvalue weighted by Crippen LogP contribution is -2.53. The predicted octanol–water partition coefficient (Wildman–Crippen LogP) is 2.28. The molecule has 0 aromatic heterocycles. The molecule has 1 heterocycles. The van der Waals surface area contributed by atoms with Crippen LogP contribution in [-0.2, 0) is 17.8 Å². The first-order valence-electron chi connectivity index (χ1n) is 8.83. The number of halogens is 1. The van der Waals surface area contributed by atoms with Crippen molar-refractivity contribution in [2.75, 3.05) is 18.5 Å². The Labute approximate surface area is 157 Å². The van der Waals surface area contributed by atoms with Gasteiger partial charge in [-0.15, -0.1) is 0 Å². The van der Waals surface area contributed by atoms with Gasteiger partial charge < -0.3 is 20.6 Å². The number of hydrogen-bond donors (Lipinski definition) is 3. The second-order valence-electron chi connectivity index (χ2n) is 6.52. The maximum absolute atomic E-state index is 12.9. The molecule has 0 spiro atoms. The van der Waals surface area contributed by atoms with E-state index >= 15 is 0 Å². The van der Waals surface area contributed by atoms with E-state index in [4.69, 9.17) is 5.11 Å². The number of benzene rings is 2. The van der Waals surface area contributed by atoms with Crippen LogP contribution in [0.2, 0.25) is 0 Å². The number of likely N-dealkylation sites (tertiary alicyclic amines) is 1. The topological polar surface area (TPSA) is 81.7 Å². The minimum Gasteiger partial charge on any atom is -0.394 e. The van der Waals surface area contributed by atoms with Crippen LogP contribution < -0.4 is 10.6 Å². The van der Waals surface area contributed by atoms with Crippen molar-refractivity contribution in [1.82, 2.24) is 10.2 Å². The van der Waals surface area contributed by atoms with Gasteiger partial charge in [0.15, 0.2) is 0 Å². The van der Waals surface area contributed by atoms with E-state index in [0.29, 0.717) is 18.8 Å². The zero-order chi connectivity index (χ0) is 19.2. The number of urea groups is 1. The molecule has 1 aliphatic heterocycles. The Morgan fingerprint density at radius 3 is 2.33 bits per heavy atom. The van der Waals surface area contributed by atoms with Crippen LogP contribution in [0.15, 0.2) is 48.5 Å². The molecule has 0 radical (unpaired) electrons. The molecule has 1 aliphatic rings. The molecule has 0 aliphatic carbocycles. The van der Waals surface area contributed by atoms with Gasteiger partial charge in [0.1, 0.15) is 5.82 Å².